The minimum absolute atomic E-state index is 0.103. The second-order valence-electron chi connectivity index (χ2n) is 4.89. The highest BCUT2D eigenvalue weighted by atomic mass is 16.5. The summed E-state index contributed by atoms with van der Waals surface area (Å²) in [5.41, 5.74) is 0. The minimum atomic E-state index is -0.153. The van der Waals surface area contributed by atoms with Gasteiger partial charge in [0.2, 0.25) is 5.91 Å². The second-order valence-corrected chi connectivity index (χ2v) is 4.89. The fourth-order valence-electron chi connectivity index (χ4n) is 2.53. The van der Waals surface area contributed by atoms with Gasteiger partial charge in [0.15, 0.2) is 0 Å². The minimum Gasteiger partial charge on any atom is -0.466 e. The predicted molar refractivity (Wildman–Crippen MR) is 70.0 cm³/mol. The quantitative estimate of drug-likeness (QED) is 0.708. The Morgan fingerprint density at radius 2 is 1.94 bits per heavy atom. The maximum atomic E-state index is 12.3. The Bertz CT molecular complexity index is 287. The molecule has 0 aromatic rings. The first kappa shape index (κ1) is 15.0. The molecule has 4 nitrogen and oxygen atoms in total. The summed E-state index contributed by atoms with van der Waals surface area (Å²) in [5, 5.41) is 0. The molecule has 1 aliphatic heterocycles. The van der Waals surface area contributed by atoms with Gasteiger partial charge in [-0.25, -0.2) is 0 Å². The lowest BCUT2D eigenvalue weighted by Gasteiger charge is -2.33. The lowest BCUT2D eigenvalue weighted by molar-refractivity contribution is -0.152. The fourth-order valence-corrected chi connectivity index (χ4v) is 2.53. The second kappa shape index (κ2) is 7.39. The van der Waals surface area contributed by atoms with Crippen molar-refractivity contribution in [2.75, 3.05) is 19.7 Å². The van der Waals surface area contributed by atoms with E-state index >= 15 is 0 Å². The molecule has 0 aliphatic carbocycles. The van der Waals surface area contributed by atoms with Gasteiger partial charge in [0, 0.05) is 19.0 Å². The Morgan fingerprint density at radius 1 is 1.28 bits per heavy atom. The average molecular weight is 255 g/mol. The Hall–Kier alpha value is -1.06. The van der Waals surface area contributed by atoms with Gasteiger partial charge < -0.3 is 9.64 Å². The summed E-state index contributed by atoms with van der Waals surface area (Å²) in [6.45, 7) is 7.63. The zero-order valence-electron chi connectivity index (χ0n) is 11.8. The third-order valence-electron chi connectivity index (χ3n) is 3.69. The average Bonchev–Trinajstić information content (AvgIpc) is 2.40. The fraction of sp³-hybridized carbons (Fsp3) is 0.857. The van der Waals surface area contributed by atoms with Crippen molar-refractivity contribution < 1.29 is 14.3 Å². The Labute approximate surface area is 110 Å². The number of piperidine rings is 1. The third-order valence-corrected chi connectivity index (χ3v) is 3.69. The van der Waals surface area contributed by atoms with Crippen LogP contribution >= 0.6 is 0 Å². The molecule has 1 fully saturated rings. The van der Waals surface area contributed by atoms with Crippen LogP contribution in [0.4, 0.5) is 0 Å². The van der Waals surface area contributed by atoms with Crippen molar-refractivity contribution in [2.45, 2.75) is 46.5 Å². The zero-order valence-corrected chi connectivity index (χ0v) is 11.8. The largest absolute Gasteiger partial charge is 0.466 e. The first-order valence-electron chi connectivity index (χ1n) is 7.09. The highest BCUT2D eigenvalue weighted by Crippen LogP contribution is 2.21. The van der Waals surface area contributed by atoms with E-state index in [0.29, 0.717) is 13.2 Å². The zero-order chi connectivity index (χ0) is 13.5. The summed E-state index contributed by atoms with van der Waals surface area (Å²) in [6.07, 6.45) is 3.48. The van der Waals surface area contributed by atoms with Gasteiger partial charge in [0.1, 0.15) is 0 Å². The van der Waals surface area contributed by atoms with Gasteiger partial charge in [0.25, 0.3) is 0 Å². The van der Waals surface area contributed by atoms with Gasteiger partial charge in [-0.1, -0.05) is 13.8 Å². The number of rotatable bonds is 5. The molecule has 0 saturated carbocycles. The summed E-state index contributed by atoms with van der Waals surface area (Å²) in [5.74, 6) is 0.0245. The first-order valence-corrected chi connectivity index (χ1v) is 7.09. The van der Waals surface area contributed by atoms with E-state index in [1.54, 1.807) is 0 Å². The lowest BCUT2D eigenvalue weighted by Crippen LogP contribution is -2.45. The Balaban J connectivity index is 2.57. The van der Waals surface area contributed by atoms with Crippen LogP contribution in [0.3, 0.4) is 0 Å². The maximum Gasteiger partial charge on any atom is 0.310 e. The van der Waals surface area contributed by atoms with Crippen LogP contribution in [0, 0.1) is 11.8 Å². The number of nitrogens with zero attached hydrogens (tertiary/aromatic N) is 1. The molecule has 18 heavy (non-hydrogen) atoms. The third kappa shape index (κ3) is 3.72. The van der Waals surface area contributed by atoms with Crippen LogP contribution in [0.1, 0.15) is 46.5 Å². The molecular weight excluding hydrogens is 230 g/mol. The van der Waals surface area contributed by atoms with Crippen LogP contribution in [0.2, 0.25) is 0 Å². The summed E-state index contributed by atoms with van der Waals surface area (Å²) in [4.78, 5) is 25.8. The molecule has 0 spiro atoms. The van der Waals surface area contributed by atoms with Crippen molar-refractivity contribution in [3.63, 3.8) is 0 Å². The molecular formula is C14H25NO3. The van der Waals surface area contributed by atoms with Crippen molar-refractivity contribution in [1.29, 1.82) is 0 Å². The normalized spacial score (nSPS) is 20.0. The van der Waals surface area contributed by atoms with Crippen molar-refractivity contribution in [3.8, 4) is 0 Å². The highest BCUT2D eigenvalue weighted by Gasteiger charge is 2.31. The van der Waals surface area contributed by atoms with E-state index in [9.17, 15) is 9.59 Å². The van der Waals surface area contributed by atoms with Gasteiger partial charge >= 0.3 is 5.97 Å². The molecule has 0 N–H and O–H groups in total. The van der Waals surface area contributed by atoms with E-state index in [-0.39, 0.29) is 23.7 Å². The molecule has 104 valence electrons. The van der Waals surface area contributed by atoms with Gasteiger partial charge in [-0.05, 0) is 32.6 Å². The first-order chi connectivity index (χ1) is 8.63. The predicted octanol–water partition coefficient (Wildman–Crippen LogP) is 2.22. The number of likely N-dealkylation sites (tertiary alicyclic amines) is 1. The molecule has 1 heterocycles. The number of amides is 1. The molecule has 1 saturated heterocycles. The molecule has 4 heteroatoms. The van der Waals surface area contributed by atoms with Gasteiger partial charge in [-0.3, -0.25) is 9.59 Å². The molecule has 1 atom stereocenters. The number of hydrogen-bond acceptors (Lipinski definition) is 3. The lowest BCUT2D eigenvalue weighted by atomic mass is 9.95. The number of ether oxygens (including phenoxy) is 1. The van der Waals surface area contributed by atoms with E-state index in [0.717, 1.165) is 32.2 Å². The summed E-state index contributed by atoms with van der Waals surface area (Å²) >= 11 is 0. The molecule has 1 rings (SSSR count). The molecule has 1 amide bonds. The van der Waals surface area contributed by atoms with E-state index in [4.69, 9.17) is 4.74 Å². The molecule has 0 radical (unpaired) electrons. The van der Waals surface area contributed by atoms with Crippen LogP contribution in [0.25, 0.3) is 0 Å². The van der Waals surface area contributed by atoms with E-state index in [1.807, 2.05) is 25.7 Å². The Kier molecular flexibility index (Phi) is 6.16. The van der Waals surface area contributed by atoms with Gasteiger partial charge in [0.05, 0.1) is 12.5 Å². The number of carbonyl (C=O) groups excluding carboxylic acids is 2. The van der Waals surface area contributed by atoms with Crippen LogP contribution in [-0.4, -0.2) is 36.5 Å². The topological polar surface area (TPSA) is 46.6 Å². The molecule has 1 aliphatic rings. The van der Waals surface area contributed by atoms with Crippen molar-refractivity contribution in [1.82, 2.24) is 4.90 Å². The van der Waals surface area contributed by atoms with Crippen LogP contribution < -0.4 is 0 Å². The molecule has 0 bridgehead atoms. The van der Waals surface area contributed by atoms with Crippen molar-refractivity contribution in [3.05, 3.63) is 0 Å². The van der Waals surface area contributed by atoms with E-state index in [1.165, 1.54) is 0 Å². The number of esters is 1. The SMILES string of the molecule is CCOC(=O)[C@H]1CCCN(C(=O)C(CC)CC)C1. The van der Waals surface area contributed by atoms with E-state index in [2.05, 4.69) is 0 Å². The summed E-state index contributed by atoms with van der Waals surface area (Å²) in [6, 6.07) is 0. The van der Waals surface area contributed by atoms with Crippen LogP contribution in [0.5, 0.6) is 0 Å². The number of hydrogen-bond donors (Lipinski definition) is 0. The highest BCUT2D eigenvalue weighted by molar-refractivity contribution is 5.80. The summed E-state index contributed by atoms with van der Waals surface area (Å²) < 4.78 is 5.05. The summed E-state index contributed by atoms with van der Waals surface area (Å²) in [7, 11) is 0. The van der Waals surface area contributed by atoms with Gasteiger partial charge in [-0.2, -0.15) is 0 Å². The standard InChI is InChI=1S/C14H25NO3/c1-4-11(5-2)13(16)15-9-7-8-12(10-15)14(17)18-6-3/h11-12H,4-10H2,1-3H3/t12-/m0/s1. The van der Waals surface area contributed by atoms with Crippen molar-refractivity contribution >= 4 is 11.9 Å². The van der Waals surface area contributed by atoms with E-state index < -0.39 is 0 Å². The maximum absolute atomic E-state index is 12.3. The molecule has 0 aromatic carbocycles. The van der Waals surface area contributed by atoms with Gasteiger partial charge in [-0.15, -0.1) is 0 Å². The molecule has 0 unspecified atom stereocenters. The molecule has 0 aromatic heterocycles. The van der Waals surface area contributed by atoms with Crippen LogP contribution in [0.15, 0.2) is 0 Å². The monoisotopic (exact) mass is 255 g/mol. The van der Waals surface area contributed by atoms with Crippen molar-refractivity contribution in [2.24, 2.45) is 11.8 Å². The smallest absolute Gasteiger partial charge is 0.310 e. The number of carbonyl (C=O) groups is 2. The van der Waals surface area contributed by atoms with Crippen LogP contribution in [-0.2, 0) is 14.3 Å². The Morgan fingerprint density at radius 3 is 2.50 bits per heavy atom.